The maximum atomic E-state index is 12.9. The van der Waals surface area contributed by atoms with Gasteiger partial charge in [-0.15, -0.1) is 0 Å². The molecule has 3 heterocycles. The minimum absolute atomic E-state index is 0.0898. The molecule has 10 nitrogen and oxygen atoms in total. The maximum absolute atomic E-state index is 12.9. The van der Waals surface area contributed by atoms with Crippen molar-refractivity contribution in [2.75, 3.05) is 26.2 Å². The van der Waals surface area contributed by atoms with Gasteiger partial charge in [-0.2, -0.15) is 5.06 Å². The van der Waals surface area contributed by atoms with Gasteiger partial charge in [-0.25, -0.2) is 9.59 Å². The molecule has 10 heteroatoms. The third-order valence-electron chi connectivity index (χ3n) is 6.80. The Morgan fingerprint density at radius 2 is 1.81 bits per heavy atom. The molecule has 3 aliphatic rings. The Hall–Kier alpha value is -3.14. The molecule has 1 N–H and O–H groups in total. The Morgan fingerprint density at radius 1 is 1.06 bits per heavy atom. The molecule has 3 atom stereocenters. The van der Waals surface area contributed by atoms with E-state index in [2.05, 4.69) is 5.32 Å². The number of Topliss-reactive ketones (excluding diaryl/α,β-unsaturated/α-hetero) is 1. The van der Waals surface area contributed by atoms with Crippen molar-refractivity contribution in [2.24, 2.45) is 5.92 Å². The van der Waals surface area contributed by atoms with Crippen molar-refractivity contribution >= 4 is 23.8 Å². The molecule has 0 saturated carbocycles. The number of likely N-dealkylation sites (tertiary alicyclic amines) is 1. The van der Waals surface area contributed by atoms with Crippen LogP contribution in [-0.4, -0.2) is 82.5 Å². The number of nitrogens with zero attached hydrogens (tertiary/aromatic N) is 3. The number of ketones is 1. The van der Waals surface area contributed by atoms with E-state index in [4.69, 9.17) is 9.57 Å². The van der Waals surface area contributed by atoms with Gasteiger partial charge in [-0.1, -0.05) is 30.3 Å². The summed E-state index contributed by atoms with van der Waals surface area (Å²) < 4.78 is 5.43. The predicted octanol–water partition coefficient (Wildman–Crippen LogP) is 2.72. The van der Waals surface area contributed by atoms with Crippen LogP contribution >= 0.6 is 0 Å². The van der Waals surface area contributed by atoms with Crippen molar-refractivity contribution in [2.45, 2.75) is 70.7 Å². The Bertz CT molecular complexity index is 978. The molecule has 1 aromatic rings. The number of piperidine rings is 2. The second-order valence-corrected chi connectivity index (χ2v) is 10.7. The van der Waals surface area contributed by atoms with E-state index in [1.807, 2.05) is 30.3 Å². The van der Waals surface area contributed by atoms with Crippen molar-refractivity contribution in [3.05, 3.63) is 35.9 Å². The number of fused-ring (bicyclic) bond motifs is 2. The fraction of sp³-hybridized carbons (Fsp3) is 0.615. The lowest BCUT2D eigenvalue weighted by Crippen LogP contribution is -2.51. The molecule has 0 aliphatic carbocycles. The number of carbonyl (C=O) groups is 4. The van der Waals surface area contributed by atoms with Crippen molar-refractivity contribution < 1.29 is 28.8 Å². The molecular weight excluding hydrogens is 464 g/mol. The van der Waals surface area contributed by atoms with Crippen molar-refractivity contribution in [1.29, 1.82) is 0 Å². The van der Waals surface area contributed by atoms with E-state index in [-0.39, 0.29) is 49.4 Å². The van der Waals surface area contributed by atoms with E-state index in [0.29, 0.717) is 38.8 Å². The summed E-state index contributed by atoms with van der Waals surface area (Å²) in [5.41, 5.74) is 0.360. The smallest absolute Gasteiger partial charge is 0.410 e. The van der Waals surface area contributed by atoms with Crippen molar-refractivity contribution in [3.63, 3.8) is 0 Å². The quantitative estimate of drug-likeness (QED) is 0.617. The Kier molecular flexibility index (Phi) is 7.82. The molecule has 2 bridgehead atoms. The average Bonchev–Trinajstić information content (AvgIpc) is 3.09. The van der Waals surface area contributed by atoms with Crippen LogP contribution in [0.2, 0.25) is 0 Å². The zero-order valence-corrected chi connectivity index (χ0v) is 21.3. The first-order valence-electron chi connectivity index (χ1n) is 12.7. The van der Waals surface area contributed by atoms with E-state index in [9.17, 15) is 19.2 Å². The van der Waals surface area contributed by atoms with Crippen LogP contribution in [-0.2, 0) is 25.8 Å². The molecule has 3 fully saturated rings. The predicted molar refractivity (Wildman–Crippen MR) is 131 cm³/mol. The number of hydrogen-bond donors (Lipinski definition) is 1. The molecule has 4 amide bonds. The van der Waals surface area contributed by atoms with Crippen LogP contribution in [0, 0.1) is 5.92 Å². The monoisotopic (exact) mass is 500 g/mol. The molecule has 3 saturated heterocycles. The highest BCUT2D eigenvalue weighted by Gasteiger charge is 2.48. The fourth-order valence-corrected chi connectivity index (χ4v) is 4.96. The standard InChI is InChI=1S/C26H36N4O6/c1-26(2,3)36-25(34)28-13-7-10-19(15-28)22(31)14-27-23(32)21-12-11-20-16-29(21)24(33)30(20)35-17-18-8-5-4-6-9-18/h4-6,8-9,19-21H,7,10-17H2,1-3H3,(H,27,32)/t19-,20-,21+/m1/s1. The molecule has 0 spiro atoms. The summed E-state index contributed by atoms with van der Waals surface area (Å²) in [7, 11) is 0. The molecule has 1 aromatic carbocycles. The van der Waals surface area contributed by atoms with E-state index in [1.165, 1.54) is 9.96 Å². The second kappa shape index (κ2) is 10.9. The van der Waals surface area contributed by atoms with Crippen LogP contribution in [0.1, 0.15) is 52.0 Å². The summed E-state index contributed by atoms with van der Waals surface area (Å²) in [4.78, 5) is 60.0. The first-order chi connectivity index (χ1) is 17.1. The van der Waals surface area contributed by atoms with Gasteiger partial charge in [0, 0.05) is 25.6 Å². The maximum Gasteiger partial charge on any atom is 0.410 e. The number of nitrogens with one attached hydrogen (secondary N) is 1. The van der Waals surface area contributed by atoms with Crippen LogP contribution in [0.5, 0.6) is 0 Å². The van der Waals surface area contributed by atoms with Gasteiger partial charge >= 0.3 is 12.1 Å². The number of hydrogen-bond acceptors (Lipinski definition) is 6. The van der Waals surface area contributed by atoms with Crippen LogP contribution in [0.4, 0.5) is 9.59 Å². The van der Waals surface area contributed by atoms with Gasteiger partial charge in [-0.3, -0.25) is 14.4 Å². The van der Waals surface area contributed by atoms with E-state index in [0.717, 1.165) is 5.56 Å². The number of hydroxylamine groups is 2. The van der Waals surface area contributed by atoms with Crippen LogP contribution in [0.3, 0.4) is 0 Å². The summed E-state index contributed by atoms with van der Waals surface area (Å²) in [6.07, 6.45) is 2.10. The molecule has 3 aliphatic heterocycles. The summed E-state index contributed by atoms with van der Waals surface area (Å²) in [5, 5.41) is 4.12. The zero-order valence-electron chi connectivity index (χ0n) is 21.3. The topological polar surface area (TPSA) is 108 Å². The van der Waals surface area contributed by atoms with Gasteiger partial charge in [0.05, 0.1) is 12.6 Å². The Morgan fingerprint density at radius 3 is 2.53 bits per heavy atom. The number of ether oxygens (including phenoxy) is 1. The van der Waals surface area contributed by atoms with Gasteiger partial charge in [0.1, 0.15) is 18.2 Å². The molecule has 36 heavy (non-hydrogen) atoms. The lowest BCUT2D eigenvalue weighted by molar-refractivity contribution is -0.140. The molecule has 0 aromatic heterocycles. The Balaban J connectivity index is 1.26. The van der Waals surface area contributed by atoms with Gasteiger partial charge in [-0.05, 0) is 52.0 Å². The highest BCUT2D eigenvalue weighted by molar-refractivity contribution is 5.92. The summed E-state index contributed by atoms with van der Waals surface area (Å²) >= 11 is 0. The van der Waals surface area contributed by atoms with Crippen LogP contribution in [0.25, 0.3) is 0 Å². The van der Waals surface area contributed by atoms with Gasteiger partial charge in [0.15, 0.2) is 5.78 Å². The minimum atomic E-state index is -0.628. The lowest BCUT2D eigenvalue weighted by atomic mass is 9.93. The number of benzene rings is 1. The molecule has 0 radical (unpaired) electrons. The summed E-state index contributed by atoms with van der Waals surface area (Å²) in [5.74, 6) is -0.802. The first kappa shape index (κ1) is 25.9. The fourth-order valence-electron chi connectivity index (χ4n) is 4.96. The van der Waals surface area contributed by atoms with E-state index in [1.54, 1.807) is 25.7 Å². The Labute approximate surface area is 211 Å². The number of carbonyl (C=O) groups excluding carboxylic acids is 4. The number of urea groups is 1. The van der Waals surface area contributed by atoms with Gasteiger partial charge in [0.25, 0.3) is 0 Å². The largest absolute Gasteiger partial charge is 0.444 e. The van der Waals surface area contributed by atoms with Gasteiger partial charge in [0.2, 0.25) is 5.91 Å². The minimum Gasteiger partial charge on any atom is -0.444 e. The van der Waals surface area contributed by atoms with Crippen LogP contribution < -0.4 is 5.32 Å². The lowest BCUT2D eigenvalue weighted by Gasteiger charge is -2.33. The van der Waals surface area contributed by atoms with Crippen molar-refractivity contribution in [3.8, 4) is 0 Å². The molecular formula is C26H36N4O6. The normalized spacial score (nSPS) is 24.0. The number of rotatable bonds is 7. The molecule has 196 valence electrons. The van der Waals surface area contributed by atoms with Crippen LogP contribution in [0.15, 0.2) is 30.3 Å². The third kappa shape index (κ3) is 6.16. The van der Waals surface area contributed by atoms with Crippen molar-refractivity contribution in [1.82, 2.24) is 20.2 Å². The first-order valence-corrected chi connectivity index (χ1v) is 12.7. The average molecular weight is 501 g/mol. The highest BCUT2D eigenvalue weighted by Crippen LogP contribution is 2.30. The molecule has 4 rings (SSSR count). The number of amides is 4. The highest BCUT2D eigenvalue weighted by atomic mass is 16.7. The summed E-state index contributed by atoms with van der Waals surface area (Å²) in [6, 6.07) is 8.57. The van der Waals surface area contributed by atoms with E-state index >= 15 is 0 Å². The SMILES string of the molecule is CC(C)(C)OC(=O)N1CCC[C@@H](C(=O)CNC(=O)[C@@H]2CC[C@@H]3CN2C(=O)N3OCc2ccccc2)C1. The van der Waals surface area contributed by atoms with Gasteiger partial charge < -0.3 is 19.9 Å². The second-order valence-electron chi connectivity index (χ2n) is 10.7. The summed E-state index contributed by atoms with van der Waals surface area (Å²) in [6.45, 7) is 6.83. The molecule has 0 unspecified atom stereocenters. The zero-order chi connectivity index (χ0) is 25.9. The third-order valence-corrected chi connectivity index (χ3v) is 6.80. The van der Waals surface area contributed by atoms with E-state index < -0.39 is 17.7 Å².